The summed E-state index contributed by atoms with van der Waals surface area (Å²) in [5.74, 6) is 1.98. The Morgan fingerprint density at radius 1 is 1.19 bits per heavy atom. The third kappa shape index (κ3) is 3.48. The molecule has 2 aromatic heterocycles. The van der Waals surface area contributed by atoms with E-state index in [1.54, 1.807) is 19.4 Å². The Morgan fingerprint density at radius 3 is 2.56 bits per heavy atom. The lowest BCUT2D eigenvalue weighted by Gasteiger charge is -2.55. The second-order valence-corrected chi connectivity index (χ2v) is 9.66. The van der Waals surface area contributed by atoms with Gasteiger partial charge in [-0.1, -0.05) is 48.7 Å². The van der Waals surface area contributed by atoms with Crippen molar-refractivity contribution in [2.75, 3.05) is 31.7 Å². The molecule has 2 aliphatic rings. The van der Waals surface area contributed by atoms with Gasteiger partial charge in [0.2, 0.25) is 0 Å². The van der Waals surface area contributed by atoms with E-state index in [-0.39, 0.29) is 11.5 Å². The van der Waals surface area contributed by atoms with Gasteiger partial charge in [-0.2, -0.15) is 0 Å². The highest BCUT2D eigenvalue weighted by molar-refractivity contribution is 6.40. The highest BCUT2D eigenvalue weighted by Gasteiger charge is 2.50. The second-order valence-electron chi connectivity index (χ2n) is 8.51. The Balaban J connectivity index is 1.70. The van der Waals surface area contributed by atoms with Gasteiger partial charge in [0.05, 0.1) is 54.1 Å². The standard InChI is InChI=1S/C23H23Cl3N4O2/c1-4-12(2)13-7-16(31-3)20(26)18(19(13)25)21-28-15-9-27-17(24)8-14(15)22(29-21)30-10-23(11-30)5-6-32-23/h7-9,12H,4-6,10-11H2,1-3H3. The summed E-state index contributed by atoms with van der Waals surface area (Å²) in [5.41, 5.74) is 2.14. The van der Waals surface area contributed by atoms with Crippen molar-refractivity contribution in [2.45, 2.75) is 38.2 Å². The summed E-state index contributed by atoms with van der Waals surface area (Å²) in [6.45, 7) is 6.60. The number of anilines is 1. The second kappa shape index (κ2) is 8.17. The van der Waals surface area contributed by atoms with Gasteiger partial charge in [-0.15, -0.1) is 0 Å². The number of aromatic nitrogens is 3. The SMILES string of the molecule is CCC(C)c1cc(OC)c(Cl)c(-c2nc(N3CC4(CCO4)C3)c3cc(Cl)ncc3n2)c1Cl. The van der Waals surface area contributed by atoms with Gasteiger partial charge >= 0.3 is 0 Å². The number of pyridine rings is 1. The average molecular weight is 494 g/mol. The molecule has 3 aromatic rings. The first-order valence-electron chi connectivity index (χ1n) is 10.6. The molecule has 1 spiro atoms. The molecule has 5 rings (SSSR count). The number of hydrogen-bond acceptors (Lipinski definition) is 6. The van der Waals surface area contributed by atoms with Gasteiger partial charge in [0.25, 0.3) is 0 Å². The number of halogens is 3. The molecule has 168 valence electrons. The number of methoxy groups -OCH3 is 1. The summed E-state index contributed by atoms with van der Waals surface area (Å²) >= 11 is 19.8. The Labute approximate surface area is 201 Å². The molecule has 2 aliphatic heterocycles. The van der Waals surface area contributed by atoms with E-state index in [1.165, 1.54) is 0 Å². The molecule has 4 heterocycles. The van der Waals surface area contributed by atoms with Crippen molar-refractivity contribution >= 4 is 51.5 Å². The predicted molar refractivity (Wildman–Crippen MR) is 129 cm³/mol. The van der Waals surface area contributed by atoms with Crippen LogP contribution in [0.1, 0.15) is 38.2 Å². The summed E-state index contributed by atoms with van der Waals surface area (Å²) < 4.78 is 11.4. The fourth-order valence-corrected chi connectivity index (χ4v) is 5.27. The van der Waals surface area contributed by atoms with E-state index in [4.69, 9.17) is 54.2 Å². The maximum atomic E-state index is 6.89. The molecular formula is C23H23Cl3N4O2. The highest BCUT2D eigenvalue weighted by Crippen LogP contribution is 2.46. The molecule has 6 nitrogen and oxygen atoms in total. The maximum absolute atomic E-state index is 6.89. The number of ether oxygens (including phenoxy) is 2. The lowest BCUT2D eigenvalue weighted by Crippen LogP contribution is -2.68. The topological polar surface area (TPSA) is 60.4 Å². The molecule has 0 radical (unpaired) electrons. The third-order valence-electron chi connectivity index (χ3n) is 6.53. The van der Waals surface area contributed by atoms with E-state index >= 15 is 0 Å². The molecule has 2 saturated heterocycles. The quantitative estimate of drug-likeness (QED) is 0.397. The Bertz CT molecular complexity index is 1210. The van der Waals surface area contributed by atoms with Crippen LogP contribution in [-0.4, -0.2) is 47.4 Å². The van der Waals surface area contributed by atoms with Crippen molar-refractivity contribution in [3.63, 3.8) is 0 Å². The summed E-state index contributed by atoms with van der Waals surface area (Å²) in [6.07, 6.45) is 3.64. The number of fused-ring (bicyclic) bond motifs is 1. The van der Waals surface area contributed by atoms with Gasteiger partial charge in [-0.25, -0.2) is 15.0 Å². The van der Waals surface area contributed by atoms with Crippen LogP contribution in [0.15, 0.2) is 18.3 Å². The van der Waals surface area contributed by atoms with Crippen molar-refractivity contribution in [3.8, 4) is 17.1 Å². The molecule has 0 aliphatic carbocycles. The van der Waals surface area contributed by atoms with Crippen LogP contribution in [0.2, 0.25) is 15.2 Å². The molecule has 0 bridgehead atoms. The molecule has 0 N–H and O–H groups in total. The maximum Gasteiger partial charge on any atom is 0.165 e. The van der Waals surface area contributed by atoms with Gasteiger partial charge in [0, 0.05) is 11.8 Å². The first kappa shape index (κ1) is 22.0. The summed E-state index contributed by atoms with van der Waals surface area (Å²) in [4.78, 5) is 16.1. The van der Waals surface area contributed by atoms with Crippen LogP contribution in [0.4, 0.5) is 5.82 Å². The number of rotatable bonds is 5. The van der Waals surface area contributed by atoms with Gasteiger partial charge in [0.15, 0.2) is 5.82 Å². The van der Waals surface area contributed by atoms with Crippen molar-refractivity contribution in [2.24, 2.45) is 0 Å². The van der Waals surface area contributed by atoms with Crippen LogP contribution in [0, 0.1) is 0 Å². The molecule has 1 aromatic carbocycles. The monoisotopic (exact) mass is 492 g/mol. The third-order valence-corrected chi connectivity index (χ3v) is 7.52. The fraction of sp³-hybridized carbons (Fsp3) is 0.435. The Kier molecular flexibility index (Phi) is 5.61. The normalized spacial score (nSPS) is 17.9. The number of benzene rings is 1. The highest BCUT2D eigenvalue weighted by atomic mass is 35.5. The lowest BCUT2D eigenvalue weighted by molar-refractivity contribution is -0.161. The smallest absolute Gasteiger partial charge is 0.165 e. The van der Waals surface area contributed by atoms with Crippen LogP contribution < -0.4 is 9.64 Å². The van der Waals surface area contributed by atoms with Crippen molar-refractivity contribution in [3.05, 3.63) is 39.1 Å². The van der Waals surface area contributed by atoms with Crippen LogP contribution in [0.3, 0.4) is 0 Å². The average Bonchev–Trinajstić information content (AvgIpc) is 2.71. The first-order chi connectivity index (χ1) is 15.4. The summed E-state index contributed by atoms with van der Waals surface area (Å²) in [6, 6.07) is 3.70. The van der Waals surface area contributed by atoms with E-state index < -0.39 is 0 Å². The van der Waals surface area contributed by atoms with E-state index in [0.717, 1.165) is 49.3 Å². The minimum absolute atomic E-state index is 0.0523. The first-order valence-corrected chi connectivity index (χ1v) is 11.8. The molecular weight excluding hydrogens is 471 g/mol. The van der Waals surface area contributed by atoms with Crippen molar-refractivity contribution < 1.29 is 9.47 Å². The van der Waals surface area contributed by atoms with Gasteiger partial charge < -0.3 is 14.4 Å². The zero-order chi connectivity index (χ0) is 22.6. The minimum atomic E-state index is -0.0523. The summed E-state index contributed by atoms with van der Waals surface area (Å²) in [5, 5.41) is 2.15. The van der Waals surface area contributed by atoms with Gasteiger partial charge in [0.1, 0.15) is 22.3 Å². The van der Waals surface area contributed by atoms with E-state index in [1.807, 2.05) is 6.07 Å². The van der Waals surface area contributed by atoms with Crippen LogP contribution in [0.5, 0.6) is 5.75 Å². The Morgan fingerprint density at radius 2 is 1.94 bits per heavy atom. The molecule has 2 fully saturated rings. The van der Waals surface area contributed by atoms with E-state index in [0.29, 0.717) is 37.9 Å². The number of nitrogens with zero attached hydrogens (tertiary/aromatic N) is 4. The van der Waals surface area contributed by atoms with Crippen molar-refractivity contribution in [1.29, 1.82) is 0 Å². The molecule has 0 saturated carbocycles. The largest absolute Gasteiger partial charge is 0.495 e. The molecule has 1 atom stereocenters. The predicted octanol–water partition coefficient (Wildman–Crippen LogP) is 6.15. The van der Waals surface area contributed by atoms with Gasteiger partial charge in [-0.05, 0) is 30.0 Å². The number of hydrogen-bond donors (Lipinski definition) is 0. The molecule has 9 heteroatoms. The van der Waals surface area contributed by atoms with E-state index in [2.05, 4.69) is 23.7 Å². The van der Waals surface area contributed by atoms with Gasteiger partial charge in [-0.3, -0.25) is 0 Å². The molecule has 32 heavy (non-hydrogen) atoms. The Hall–Kier alpha value is -1.86. The molecule has 1 unspecified atom stereocenters. The van der Waals surface area contributed by atoms with Crippen LogP contribution >= 0.6 is 34.8 Å². The van der Waals surface area contributed by atoms with Crippen LogP contribution in [0.25, 0.3) is 22.3 Å². The van der Waals surface area contributed by atoms with Crippen molar-refractivity contribution in [1.82, 2.24) is 15.0 Å². The summed E-state index contributed by atoms with van der Waals surface area (Å²) in [7, 11) is 1.59. The molecule has 0 amide bonds. The zero-order valence-electron chi connectivity index (χ0n) is 18.1. The minimum Gasteiger partial charge on any atom is -0.495 e. The fourth-order valence-electron chi connectivity index (χ4n) is 4.34. The lowest BCUT2D eigenvalue weighted by atomic mass is 9.86. The zero-order valence-corrected chi connectivity index (χ0v) is 20.4. The van der Waals surface area contributed by atoms with Crippen LogP contribution in [-0.2, 0) is 4.74 Å². The van der Waals surface area contributed by atoms with E-state index in [9.17, 15) is 0 Å².